The van der Waals surface area contributed by atoms with Crippen LogP contribution in [0.5, 0.6) is 0 Å². The van der Waals surface area contributed by atoms with E-state index in [1.54, 1.807) is 0 Å². The molecule has 0 aliphatic carbocycles. The molecule has 0 bridgehead atoms. The fourth-order valence-corrected chi connectivity index (χ4v) is 2.86. The molecule has 0 radical (unpaired) electrons. The fourth-order valence-electron chi connectivity index (χ4n) is 1.96. The van der Waals surface area contributed by atoms with Gasteiger partial charge >= 0.3 is 0 Å². The van der Waals surface area contributed by atoms with E-state index in [1.807, 2.05) is 7.05 Å². The second-order valence-corrected chi connectivity index (χ2v) is 5.32. The molecule has 1 heterocycles. The topological polar surface area (TPSA) is 15.3 Å². The quantitative estimate of drug-likeness (QED) is 0.706. The van der Waals surface area contributed by atoms with Crippen molar-refractivity contribution in [3.8, 4) is 0 Å². The van der Waals surface area contributed by atoms with Gasteiger partial charge in [0.15, 0.2) is 0 Å². The minimum absolute atomic E-state index is 0.780. The largest absolute Gasteiger partial charge is 0.320 e. The molecule has 1 saturated heterocycles. The molecule has 14 heavy (non-hydrogen) atoms. The molecule has 1 rings (SSSR count). The van der Waals surface area contributed by atoms with Crippen LogP contribution in [-0.2, 0) is 0 Å². The average molecular weight is 216 g/mol. The molecule has 0 aromatic carbocycles. The lowest BCUT2D eigenvalue weighted by Gasteiger charge is -2.27. The minimum atomic E-state index is 0.780. The number of nitrogens with one attached hydrogen (secondary N) is 1. The Hall–Kier alpha value is 0.270. The van der Waals surface area contributed by atoms with E-state index in [0.717, 1.165) is 12.6 Å². The second-order valence-electron chi connectivity index (χ2n) is 4.10. The summed E-state index contributed by atoms with van der Waals surface area (Å²) in [6, 6.07) is 0.780. The Balaban J connectivity index is 2.16. The van der Waals surface area contributed by atoms with Crippen molar-refractivity contribution in [2.75, 3.05) is 38.2 Å². The van der Waals surface area contributed by atoms with Crippen LogP contribution in [0.1, 0.15) is 26.2 Å². The number of thioether (sulfide) groups is 1. The van der Waals surface area contributed by atoms with Crippen molar-refractivity contribution in [1.29, 1.82) is 0 Å². The van der Waals surface area contributed by atoms with Gasteiger partial charge in [0.25, 0.3) is 0 Å². The van der Waals surface area contributed by atoms with Crippen LogP contribution in [0.2, 0.25) is 0 Å². The Kier molecular flexibility index (Phi) is 6.65. The number of hydrogen-bond donors (Lipinski definition) is 1. The summed E-state index contributed by atoms with van der Waals surface area (Å²) in [5, 5.41) is 3.22. The molecule has 1 aliphatic heterocycles. The third-order valence-electron chi connectivity index (χ3n) is 2.93. The van der Waals surface area contributed by atoms with E-state index in [-0.39, 0.29) is 0 Å². The number of rotatable bonds is 5. The summed E-state index contributed by atoms with van der Waals surface area (Å²) < 4.78 is 0. The Bertz CT molecular complexity index is 133. The van der Waals surface area contributed by atoms with Gasteiger partial charge in [0.2, 0.25) is 0 Å². The van der Waals surface area contributed by atoms with Gasteiger partial charge in [-0.3, -0.25) is 4.90 Å². The van der Waals surface area contributed by atoms with Crippen molar-refractivity contribution < 1.29 is 0 Å². The molecule has 1 atom stereocenters. The maximum atomic E-state index is 3.22. The van der Waals surface area contributed by atoms with Gasteiger partial charge < -0.3 is 5.32 Å². The zero-order valence-corrected chi connectivity index (χ0v) is 10.4. The average Bonchev–Trinajstić information content (AvgIpc) is 2.46. The highest BCUT2D eigenvalue weighted by molar-refractivity contribution is 7.99. The highest BCUT2D eigenvalue weighted by atomic mass is 32.2. The molecule has 1 unspecified atom stereocenters. The monoisotopic (exact) mass is 216 g/mol. The van der Waals surface area contributed by atoms with E-state index in [2.05, 4.69) is 28.9 Å². The van der Waals surface area contributed by atoms with Gasteiger partial charge in [-0.25, -0.2) is 0 Å². The fraction of sp³-hybridized carbons (Fsp3) is 1.00. The summed E-state index contributed by atoms with van der Waals surface area (Å²) in [6.45, 7) is 6.15. The van der Waals surface area contributed by atoms with Crippen LogP contribution in [0.15, 0.2) is 0 Å². The van der Waals surface area contributed by atoms with Crippen LogP contribution in [-0.4, -0.2) is 49.1 Å². The highest BCUT2D eigenvalue weighted by Gasteiger charge is 2.14. The molecule has 84 valence electrons. The molecule has 3 heteroatoms. The molecule has 1 aliphatic rings. The lowest BCUT2D eigenvalue weighted by atomic mass is 10.1. The van der Waals surface area contributed by atoms with Gasteiger partial charge in [-0.05, 0) is 52.1 Å². The van der Waals surface area contributed by atoms with Crippen molar-refractivity contribution in [3.63, 3.8) is 0 Å². The van der Waals surface area contributed by atoms with Gasteiger partial charge in [0, 0.05) is 18.3 Å². The summed E-state index contributed by atoms with van der Waals surface area (Å²) in [5.41, 5.74) is 0. The standard InChI is InChI=1S/C11H24N2S/c1-11(5-3-6-12-2)13-7-4-9-14-10-8-13/h11-12H,3-10H2,1-2H3. The van der Waals surface area contributed by atoms with Gasteiger partial charge in [-0.15, -0.1) is 0 Å². The van der Waals surface area contributed by atoms with E-state index < -0.39 is 0 Å². The summed E-state index contributed by atoms with van der Waals surface area (Å²) in [7, 11) is 2.03. The van der Waals surface area contributed by atoms with Crippen molar-refractivity contribution in [3.05, 3.63) is 0 Å². The Morgan fingerprint density at radius 1 is 1.36 bits per heavy atom. The smallest absolute Gasteiger partial charge is 0.00752 e. The predicted octanol–water partition coefficient (Wildman–Crippen LogP) is 1.81. The van der Waals surface area contributed by atoms with Gasteiger partial charge in [-0.1, -0.05) is 0 Å². The van der Waals surface area contributed by atoms with E-state index in [1.165, 1.54) is 43.9 Å². The minimum Gasteiger partial charge on any atom is -0.320 e. The SMILES string of the molecule is CNCCCC(C)N1CCCSCC1. The van der Waals surface area contributed by atoms with Crippen LogP contribution in [0.25, 0.3) is 0 Å². The molecular formula is C11H24N2S. The van der Waals surface area contributed by atoms with E-state index >= 15 is 0 Å². The van der Waals surface area contributed by atoms with Crippen molar-refractivity contribution in [2.45, 2.75) is 32.2 Å². The van der Waals surface area contributed by atoms with Crippen LogP contribution in [0.3, 0.4) is 0 Å². The first-order chi connectivity index (χ1) is 6.84. The molecule has 0 aromatic heterocycles. The maximum Gasteiger partial charge on any atom is 0.00752 e. The lowest BCUT2D eigenvalue weighted by Crippen LogP contribution is -2.35. The third kappa shape index (κ3) is 4.67. The Morgan fingerprint density at radius 3 is 3.00 bits per heavy atom. The Morgan fingerprint density at radius 2 is 2.21 bits per heavy atom. The summed E-state index contributed by atoms with van der Waals surface area (Å²) in [4.78, 5) is 2.66. The van der Waals surface area contributed by atoms with Crippen molar-refractivity contribution in [2.24, 2.45) is 0 Å². The summed E-state index contributed by atoms with van der Waals surface area (Å²) in [6.07, 6.45) is 4.02. The van der Waals surface area contributed by atoms with Crippen LogP contribution >= 0.6 is 11.8 Å². The van der Waals surface area contributed by atoms with E-state index in [0.29, 0.717) is 0 Å². The van der Waals surface area contributed by atoms with Crippen molar-refractivity contribution in [1.82, 2.24) is 10.2 Å². The first-order valence-corrected chi connectivity index (χ1v) is 6.96. The zero-order chi connectivity index (χ0) is 10.2. The van der Waals surface area contributed by atoms with Crippen LogP contribution in [0, 0.1) is 0 Å². The van der Waals surface area contributed by atoms with Gasteiger partial charge in [-0.2, -0.15) is 11.8 Å². The molecule has 2 nitrogen and oxygen atoms in total. The summed E-state index contributed by atoms with van der Waals surface area (Å²) in [5.74, 6) is 2.69. The van der Waals surface area contributed by atoms with Crippen molar-refractivity contribution >= 4 is 11.8 Å². The maximum absolute atomic E-state index is 3.22. The number of nitrogens with zero attached hydrogens (tertiary/aromatic N) is 1. The summed E-state index contributed by atoms with van der Waals surface area (Å²) >= 11 is 2.11. The van der Waals surface area contributed by atoms with Gasteiger partial charge in [0.05, 0.1) is 0 Å². The lowest BCUT2D eigenvalue weighted by molar-refractivity contribution is 0.212. The molecule has 0 amide bonds. The first kappa shape index (κ1) is 12.3. The van der Waals surface area contributed by atoms with E-state index in [9.17, 15) is 0 Å². The van der Waals surface area contributed by atoms with Crippen LogP contribution in [0.4, 0.5) is 0 Å². The highest BCUT2D eigenvalue weighted by Crippen LogP contribution is 2.14. The zero-order valence-electron chi connectivity index (χ0n) is 9.59. The normalized spacial score (nSPS) is 21.9. The third-order valence-corrected chi connectivity index (χ3v) is 3.98. The number of hydrogen-bond acceptors (Lipinski definition) is 3. The predicted molar refractivity (Wildman–Crippen MR) is 66.1 cm³/mol. The van der Waals surface area contributed by atoms with E-state index in [4.69, 9.17) is 0 Å². The Labute approximate surface area is 92.8 Å². The second kappa shape index (κ2) is 7.55. The molecule has 0 saturated carbocycles. The molecule has 0 spiro atoms. The molecular weight excluding hydrogens is 192 g/mol. The van der Waals surface area contributed by atoms with Gasteiger partial charge in [0.1, 0.15) is 0 Å². The first-order valence-electron chi connectivity index (χ1n) is 5.81. The molecule has 0 aromatic rings. The van der Waals surface area contributed by atoms with Crippen LogP contribution < -0.4 is 5.32 Å². The molecule has 1 fully saturated rings. The molecule has 1 N–H and O–H groups in total.